The van der Waals surface area contributed by atoms with E-state index in [1.54, 1.807) is 0 Å². The molecular formula is C9H18N2O. The summed E-state index contributed by atoms with van der Waals surface area (Å²) in [7, 11) is 0. The van der Waals surface area contributed by atoms with Gasteiger partial charge in [0.15, 0.2) is 0 Å². The van der Waals surface area contributed by atoms with Crippen molar-refractivity contribution in [2.75, 3.05) is 0 Å². The van der Waals surface area contributed by atoms with Gasteiger partial charge in [0.2, 0.25) is 5.91 Å². The first kappa shape index (κ1) is 9.52. The van der Waals surface area contributed by atoms with Crippen LogP contribution in [0, 0.1) is 5.92 Å². The van der Waals surface area contributed by atoms with Crippen LogP contribution in [0.1, 0.15) is 38.5 Å². The van der Waals surface area contributed by atoms with Crippen molar-refractivity contribution in [1.82, 2.24) is 0 Å². The molecule has 1 atom stereocenters. The van der Waals surface area contributed by atoms with Crippen LogP contribution in [-0.2, 0) is 4.79 Å². The SMILES string of the molecule is NC(=O)CC(N)CCCC1CC1. The van der Waals surface area contributed by atoms with Gasteiger partial charge in [-0.25, -0.2) is 0 Å². The minimum Gasteiger partial charge on any atom is -0.370 e. The number of amides is 1. The zero-order valence-electron chi connectivity index (χ0n) is 7.46. The highest BCUT2D eigenvalue weighted by Crippen LogP contribution is 2.33. The second kappa shape index (κ2) is 4.45. The van der Waals surface area contributed by atoms with Crippen molar-refractivity contribution < 1.29 is 4.79 Å². The smallest absolute Gasteiger partial charge is 0.218 e. The Hall–Kier alpha value is -0.570. The zero-order valence-corrected chi connectivity index (χ0v) is 7.46. The molecule has 12 heavy (non-hydrogen) atoms. The van der Waals surface area contributed by atoms with Gasteiger partial charge in [-0.15, -0.1) is 0 Å². The van der Waals surface area contributed by atoms with Crippen LogP contribution in [0.3, 0.4) is 0 Å². The Morgan fingerprint density at radius 2 is 2.17 bits per heavy atom. The second-order valence-corrected chi connectivity index (χ2v) is 3.80. The molecule has 0 spiro atoms. The molecule has 0 radical (unpaired) electrons. The topological polar surface area (TPSA) is 69.1 Å². The molecule has 0 bridgehead atoms. The van der Waals surface area contributed by atoms with Crippen molar-refractivity contribution in [1.29, 1.82) is 0 Å². The van der Waals surface area contributed by atoms with Gasteiger partial charge in [-0.05, 0) is 12.3 Å². The van der Waals surface area contributed by atoms with Crippen molar-refractivity contribution in [2.24, 2.45) is 17.4 Å². The van der Waals surface area contributed by atoms with Crippen LogP contribution in [-0.4, -0.2) is 11.9 Å². The summed E-state index contributed by atoms with van der Waals surface area (Å²) in [4.78, 5) is 10.5. The summed E-state index contributed by atoms with van der Waals surface area (Å²) in [5.41, 5.74) is 10.7. The third kappa shape index (κ3) is 4.34. The van der Waals surface area contributed by atoms with E-state index in [9.17, 15) is 4.79 Å². The van der Waals surface area contributed by atoms with Gasteiger partial charge in [-0.3, -0.25) is 4.79 Å². The van der Waals surface area contributed by atoms with E-state index in [0.717, 1.165) is 18.8 Å². The van der Waals surface area contributed by atoms with E-state index in [1.807, 2.05) is 0 Å². The van der Waals surface area contributed by atoms with E-state index in [-0.39, 0.29) is 11.9 Å². The molecule has 1 aliphatic carbocycles. The Bertz CT molecular complexity index is 155. The van der Waals surface area contributed by atoms with Gasteiger partial charge in [-0.1, -0.05) is 25.7 Å². The monoisotopic (exact) mass is 170 g/mol. The van der Waals surface area contributed by atoms with Crippen LogP contribution in [0.2, 0.25) is 0 Å². The summed E-state index contributed by atoms with van der Waals surface area (Å²) in [6.07, 6.45) is 6.51. The van der Waals surface area contributed by atoms with Gasteiger partial charge in [0.1, 0.15) is 0 Å². The quantitative estimate of drug-likeness (QED) is 0.618. The zero-order chi connectivity index (χ0) is 8.97. The van der Waals surface area contributed by atoms with Crippen molar-refractivity contribution >= 4 is 5.91 Å². The van der Waals surface area contributed by atoms with E-state index in [0.29, 0.717) is 6.42 Å². The van der Waals surface area contributed by atoms with Crippen molar-refractivity contribution in [2.45, 2.75) is 44.6 Å². The highest BCUT2D eigenvalue weighted by atomic mass is 16.1. The lowest BCUT2D eigenvalue weighted by molar-refractivity contribution is -0.118. The van der Waals surface area contributed by atoms with E-state index >= 15 is 0 Å². The van der Waals surface area contributed by atoms with Gasteiger partial charge < -0.3 is 11.5 Å². The van der Waals surface area contributed by atoms with E-state index in [4.69, 9.17) is 11.5 Å². The fourth-order valence-corrected chi connectivity index (χ4v) is 1.44. The lowest BCUT2D eigenvalue weighted by atomic mass is 10.1. The van der Waals surface area contributed by atoms with Gasteiger partial charge in [0.25, 0.3) is 0 Å². The molecule has 1 saturated carbocycles. The number of primary amides is 1. The molecule has 0 saturated heterocycles. The summed E-state index contributed by atoms with van der Waals surface area (Å²) in [5, 5.41) is 0. The first-order valence-electron chi connectivity index (χ1n) is 4.72. The maximum absolute atomic E-state index is 10.5. The van der Waals surface area contributed by atoms with Crippen LogP contribution in [0.25, 0.3) is 0 Å². The largest absolute Gasteiger partial charge is 0.370 e. The van der Waals surface area contributed by atoms with Crippen LogP contribution in [0.5, 0.6) is 0 Å². The molecule has 1 amide bonds. The first-order valence-corrected chi connectivity index (χ1v) is 4.72. The summed E-state index contributed by atoms with van der Waals surface area (Å²) in [6.45, 7) is 0. The molecule has 1 fully saturated rings. The number of hydrogen-bond donors (Lipinski definition) is 2. The predicted octanol–water partition coefficient (Wildman–Crippen LogP) is 0.769. The number of rotatable bonds is 6. The van der Waals surface area contributed by atoms with Gasteiger partial charge in [0.05, 0.1) is 0 Å². The fraction of sp³-hybridized carbons (Fsp3) is 0.889. The molecule has 1 unspecified atom stereocenters. The molecule has 3 nitrogen and oxygen atoms in total. The summed E-state index contributed by atoms with van der Waals surface area (Å²) < 4.78 is 0. The molecule has 0 aromatic heterocycles. The Balaban J connectivity index is 1.93. The Labute approximate surface area is 73.5 Å². The van der Waals surface area contributed by atoms with E-state index in [2.05, 4.69) is 0 Å². The number of carbonyl (C=O) groups is 1. The third-order valence-electron chi connectivity index (χ3n) is 2.35. The Kier molecular flexibility index (Phi) is 3.53. The van der Waals surface area contributed by atoms with Crippen molar-refractivity contribution in [3.05, 3.63) is 0 Å². The minimum absolute atomic E-state index is 0.0127. The van der Waals surface area contributed by atoms with Gasteiger partial charge in [-0.2, -0.15) is 0 Å². The maximum Gasteiger partial charge on any atom is 0.218 e. The molecule has 0 heterocycles. The van der Waals surface area contributed by atoms with E-state index < -0.39 is 0 Å². The molecule has 70 valence electrons. The molecular weight excluding hydrogens is 152 g/mol. The van der Waals surface area contributed by atoms with Gasteiger partial charge >= 0.3 is 0 Å². The predicted molar refractivity (Wildman–Crippen MR) is 48.4 cm³/mol. The average molecular weight is 170 g/mol. The normalized spacial score (nSPS) is 19.1. The molecule has 0 aromatic carbocycles. The summed E-state index contributed by atoms with van der Waals surface area (Å²) in [6, 6.07) is -0.0127. The van der Waals surface area contributed by atoms with E-state index in [1.165, 1.54) is 19.3 Å². The lowest BCUT2D eigenvalue weighted by Gasteiger charge is -2.07. The maximum atomic E-state index is 10.5. The molecule has 1 rings (SSSR count). The number of nitrogens with two attached hydrogens (primary N) is 2. The second-order valence-electron chi connectivity index (χ2n) is 3.80. The molecule has 3 heteroatoms. The minimum atomic E-state index is -0.283. The Morgan fingerprint density at radius 1 is 1.50 bits per heavy atom. The standard InChI is InChI=1S/C9H18N2O/c10-8(6-9(11)12)3-1-2-7-4-5-7/h7-8H,1-6,10H2,(H2,11,12). The summed E-state index contributed by atoms with van der Waals surface area (Å²) in [5.74, 6) is 0.680. The summed E-state index contributed by atoms with van der Waals surface area (Å²) >= 11 is 0. The molecule has 4 N–H and O–H groups in total. The highest BCUT2D eigenvalue weighted by molar-refractivity contribution is 5.74. The molecule has 0 aromatic rings. The molecule has 0 aliphatic heterocycles. The van der Waals surface area contributed by atoms with Crippen molar-refractivity contribution in [3.63, 3.8) is 0 Å². The Morgan fingerprint density at radius 3 is 2.67 bits per heavy atom. The lowest BCUT2D eigenvalue weighted by Crippen LogP contribution is -2.27. The first-order chi connectivity index (χ1) is 5.68. The highest BCUT2D eigenvalue weighted by Gasteiger charge is 2.20. The van der Waals surface area contributed by atoms with Crippen molar-refractivity contribution in [3.8, 4) is 0 Å². The fourth-order valence-electron chi connectivity index (χ4n) is 1.44. The number of carbonyl (C=O) groups excluding carboxylic acids is 1. The van der Waals surface area contributed by atoms with Crippen LogP contribution < -0.4 is 11.5 Å². The van der Waals surface area contributed by atoms with Crippen LogP contribution in [0.15, 0.2) is 0 Å². The number of hydrogen-bond acceptors (Lipinski definition) is 2. The van der Waals surface area contributed by atoms with Crippen LogP contribution >= 0.6 is 0 Å². The average Bonchev–Trinajstić information content (AvgIpc) is 2.69. The van der Waals surface area contributed by atoms with Crippen LogP contribution in [0.4, 0.5) is 0 Å². The molecule has 1 aliphatic rings. The van der Waals surface area contributed by atoms with Gasteiger partial charge in [0, 0.05) is 12.5 Å². The third-order valence-corrected chi connectivity index (χ3v) is 2.35.